The van der Waals surface area contributed by atoms with E-state index in [1.165, 1.54) is 21.1 Å². The number of hydrogen-bond donors (Lipinski definition) is 0. The van der Waals surface area contributed by atoms with E-state index in [1.807, 2.05) is 4.90 Å². The predicted molar refractivity (Wildman–Crippen MR) is 152 cm³/mol. The summed E-state index contributed by atoms with van der Waals surface area (Å²) in [7, 11) is -3.78. The van der Waals surface area contributed by atoms with Gasteiger partial charge < -0.3 is 9.64 Å². The molecular weight excluding hydrogens is 572 g/mol. The third-order valence-corrected chi connectivity index (χ3v) is 9.42. The summed E-state index contributed by atoms with van der Waals surface area (Å²) in [5.74, 6) is -0.247. The van der Waals surface area contributed by atoms with Crippen molar-refractivity contribution in [1.82, 2.24) is 14.1 Å². The monoisotopic (exact) mass is 598 g/mol. The van der Waals surface area contributed by atoms with Crippen LogP contribution in [0, 0.1) is 26.9 Å². The number of nitrogens with zero attached hydrogens (tertiary/aromatic N) is 6. The van der Waals surface area contributed by atoms with E-state index in [-0.39, 0.29) is 41.1 Å². The van der Waals surface area contributed by atoms with E-state index in [9.17, 15) is 28.6 Å². The van der Waals surface area contributed by atoms with Gasteiger partial charge in [0, 0.05) is 42.7 Å². The predicted octanol–water partition coefficient (Wildman–Crippen LogP) is 3.50. The summed E-state index contributed by atoms with van der Waals surface area (Å²) in [5, 5.41) is 25.2. The van der Waals surface area contributed by atoms with Gasteiger partial charge in [-0.25, -0.2) is 8.42 Å². The van der Waals surface area contributed by atoms with Gasteiger partial charge in [-0.2, -0.15) is 19.3 Å². The highest BCUT2D eigenvalue weighted by Gasteiger charge is 2.39. The molecule has 1 saturated heterocycles. The molecule has 0 N–H and O–H groups in total. The van der Waals surface area contributed by atoms with E-state index >= 15 is 0 Å². The molecule has 2 aliphatic rings. The topological polar surface area (TPSA) is 152 Å². The molecular formula is C27H27ClN6O6S. The molecule has 12 nitrogen and oxygen atoms in total. The highest BCUT2D eigenvalue weighted by atomic mass is 35.5. The molecule has 1 aliphatic heterocycles. The van der Waals surface area contributed by atoms with Crippen molar-refractivity contribution in [2.75, 3.05) is 37.7 Å². The molecule has 2 fully saturated rings. The molecule has 0 amide bonds. The van der Waals surface area contributed by atoms with Gasteiger partial charge in [-0.15, -0.1) is 0 Å². The van der Waals surface area contributed by atoms with Crippen molar-refractivity contribution in [3.63, 3.8) is 0 Å². The highest BCUT2D eigenvalue weighted by Crippen LogP contribution is 2.45. The van der Waals surface area contributed by atoms with Gasteiger partial charge in [-0.1, -0.05) is 30.7 Å². The second-order valence-electron chi connectivity index (χ2n) is 10.5. The molecule has 0 bridgehead atoms. The Morgan fingerprint density at radius 3 is 2.54 bits per heavy atom. The maximum Gasteiger partial charge on any atom is 0.316 e. The number of sulfonamides is 1. The summed E-state index contributed by atoms with van der Waals surface area (Å²) < 4.78 is 35.0. The van der Waals surface area contributed by atoms with Crippen LogP contribution >= 0.6 is 11.6 Å². The Bertz CT molecular complexity index is 1710. The third kappa shape index (κ3) is 6.19. The van der Waals surface area contributed by atoms with Crippen LogP contribution in [-0.4, -0.2) is 60.2 Å². The van der Waals surface area contributed by atoms with E-state index in [0.717, 1.165) is 18.9 Å². The average molecular weight is 599 g/mol. The molecule has 0 atom stereocenters. The van der Waals surface area contributed by atoms with Gasteiger partial charge in [-0.3, -0.25) is 14.9 Å². The third-order valence-electron chi connectivity index (χ3n) is 7.34. The number of rotatable bonds is 9. The van der Waals surface area contributed by atoms with Crippen LogP contribution in [0.1, 0.15) is 30.9 Å². The molecule has 2 aromatic carbocycles. The molecule has 0 radical (unpaired) electrons. The fourth-order valence-electron chi connectivity index (χ4n) is 4.62. The minimum atomic E-state index is -3.78. The van der Waals surface area contributed by atoms with Crippen molar-refractivity contribution < 1.29 is 18.1 Å². The quantitative estimate of drug-likeness (QED) is 0.266. The number of nitriles is 1. The van der Waals surface area contributed by atoms with Crippen LogP contribution < -0.4 is 15.2 Å². The Labute approximate surface area is 241 Å². The second kappa shape index (κ2) is 11.1. The van der Waals surface area contributed by atoms with Crippen molar-refractivity contribution in [2.45, 2.75) is 25.5 Å². The van der Waals surface area contributed by atoms with Gasteiger partial charge in [0.2, 0.25) is 15.8 Å². The van der Waals surface area contributed by atoms with E-state index in [4.69, 9.17) is 16.3 Å². The number of nitro groups is 1. The number of nitro benzene ring substituents is 1. The molecule has 3 aromatic rings. The van der Waals surface area contributed by atoms with Crippen LogP contribution in [0.2, 0.25) is 5.02 Å². The van der Waals surface area contributed by atoms with Gasteiger partial charge in [0.1, 0.15) is 17.3 Å². The smallest absolute Gasteiger partial charge is 0.316 e. The zero-order valence-corrected chi connectivity index (χ0v) is 23.8. The first kappa shape index (κ1) is 28.5. The molecule has 1 saturated carbocycles. The van der Waals surface area contributed by atoms with Crippen LogP contribution in [0.4, 0.5) is 11.4 Å². The Hall–Kier alpha value is -3.99. The van der Waals surface area contributed by atoms with Crippen molar-refractivity contribution in [3.05, 3.63) is 85.3 Å². The Morgan fingerprint density at radius 1 is 1.17 bits per heavy atom. The van der Waals surface area contributed by atoms with Crippen LogP contribution in [0.25, 0.3) is 5.69 Å². The molecule has 5 rings (SSSR count). The highest BCUT2D eigenvalue weighted by molar-refractivity contribution is 7.88. The first-order valence-corrected chi connectivity index (χ1v) is 14.9. The summed E-state index contributed by atoms with van der Waals surface area (Å²) >= 11 is 6.13. The number of aromatic nitrogens is 2. The fourth-order valence-corrected chi connectivity index (χ4v) is 6.30. The van der Waals surface area contributed by atoms with E-state index in [1.54, 1.807) is 36.5 Å². The minimum Gasteiger partial charge on any atom is -0.486 e. The largest absolute Gasteiger partial charge is 0.486 e. The molecule has 1 aromatic heterocycles. The van der Waals surface area contributed by atoms with Crippen LogP contribution in [0.5, 0.6) is 5.75 Å². The van der Waals surface area contributed by atoms with Crippen molar-refractivity contribution >= 4 is 33.0 Å². The lowest BCUT2D eigenvalue weighted by Gasteiger charge is -2.35. The molecule has 214 valence electrons. The van der Waals surface area contributed by atoms with Gasteiger partial charge in [0.05, 0.1) is 29.2 Å². The summed E-state index contributed by atoms with van der Waals surface area (Å²) in [4.78, 5) is 25.9. The lowest BCUT2D eigenvalue weighted by Crippen LogP contribution is -2.49. The fraction of sp³-hybridized carbons (Fsp3) is 0.370. The van der Waals surface area contributed by atoms with Gasteiger partial charge >= 0.3 is 5.56 Å². The first-order valence-electron chi connectivity index (χ1n) is 12.9. The average Bonchev–Trinajstić information content (AvgIpc) is 3.68. The van der Waals surface area contributed by atoms with Gasteiger partial charge in [0.25, 0.3) is 5.69 Å². The Morgan fingerprint density at radius 2 is 1.90 bits per heavy atom. The van der Waals surface area contributed by atoms with Crippen LogP contribution in [0.3, 0.4) is 0 Å². The normalized spacial score (nSPS) is 16.7. The van der Waals surface area contributed by atoms with Crippen molar-refractivity contribution in [3.8, 4) is 17.5 Å². The zero-order chi connectivity index (χ0) is 29.4. The van der Waals surface area contributed by atoms with Crippen molar-refractivity contribution in [1.29, 1.82) is 5.26 Å². The number of piperazine rings is 1. The maximum absolute atomic E-state index is 13.6. The summed E-state index contributed by atoms with van der Waals surface area (Å²) in [6.45, 7) is 3.35. The summed E-state index contributed by atoms with van der Waals surface area (Å²) in [6, 6.07) is 12.3. The molecule has 14 heteroatoms. The Balaban J connectivity index is 1.35. The number of ether oxygens (including phenoxy) is 1. The summed E-state index contributed by atoms with van der Waals surface area (Å²) in [5.41, 5.74) is 0.288. The number of anilines is 1. The lowest BCUT2D eigenvalue weighted by molar-refractivity contribution is -0.385. The van der Waals surface area contributed by atoms with E-state index in [0.29, 0.717) is 36.1 Å². The zero-order valence-electron chi connectivity index (χ0n) is 22.2. The number of hydrogen-bond acceptors (Lipinski definition) is 9. The molecule has 2 heterocycles. The first-order chi connectivity index (χ1) is 19.5. The van der Waals surface area contributed by atoms with E-state index < -0.39 is 26.3 Å². The minimum absolute atomic E-state index is 0.0178. The number of benzene rings is 2. The van der Waals surface area contributed by atoms with Gasteiger partial charge in [0.15, 0.2) is 0 Å². The van der Waals surface area contributed by atoms with E-state index in [2.05, 4.69) is 12.0 Å². The Kier molecular flexibility index (Phi) is 7.74. The molecule has 41 heavy (non-hydrogen) atoms. The number of halogens is 1. The second-order valence-corrected chi connectivity index (χ2v) is 12.9. The molecule has 0 spiro atoms. The standard InChI is InChI=1S/C27H27ClN6O6S/c1-27(7-8-27)18-40-25-24(16-30-33(26(25)35)22-4-2-3-21(28)14-22)31-9-11-32(12-10-31)41(38,39)17-19-5-6-23(34(36)37)20(13-19)15-29/h2-6,13-14,16H,7-12,17-18H2,1H3. The molecule has 0 unspecified atom stereocenters. The lowest BCUT2D eigenvalue weighted by atomic mass is 10.1. The SMILES string of the molecule is CC1(COc2c(N3CCN(S(=O)(=O)Cc4ccc([N+](=O)[O-])c(C#N)c4)CC3)cnn(-c3cccc(Cl)c3)c2=O)CC1. The summed E-state index contributed by atoms with van der Waals surface area (Å²) in [6.07, 6.45) is 3.57. The molecule has 1 aliphatic carbocycles. The van der Waals surface area contributed by atoms with Gasteiger partial charge in [-0.05, 0) is 42.7 Å². The van der Waals surface area contributed by atoms with Crippen LogP contribution in [0.15, 0.2) is 53.5 Å². The van der Waals surface area contributed by atoms with Crippen molar-refractivity contribution in [2.24, 2.45) is 5.41 Å². The maximum atomic E-state index is 13.6. The van der Waals surface area contributed by atoms with Crippen LogP contribution in [-0.2, 0) is 15.8 Å².